The van der Waals surface area contributed by atoms with Gasteiger partial charge in [-0.25, -0.2) is 4.79 Å². The molecule has 2 aliphatic rings. The van der Waals surface area contributed by atoms with Gasteiger partial charge in [-0.05, 0) is 43.0 Å². The van der Waals surface area contributed by atoms with Gasteiger partial charge in [-0.3, -0.25) is 4.90 Å². The maximum Gasteiger partial charge on any atom is 0.506 e. The summed E-state index contributed by atoms with van der Waals surface area (Å²) in [5.41, 5.74) is 2.33. The zero-order valence-electron chi connectivity index (χ0n) is 15.9. The van der Waals surface area contributed by atoms with Gasteiger partial charge in [0.25, 0.3) is 0 Å². The van der Waals surface area contributed by atoms with Crippen LogP contribution in [0.25, 0.3) is 0 Å². The molecule has 1 N–H and O–H groups in total. The number of likely N-dealkylation sites (tertiary alicyclic amines) is 1. The molecule has 148 valence electrons. The molecule has 2 aliphatic heterocycles. The van der Waals surface area contributed by atoms with Gasteiger partial charge in [-0.2, -0.15) is 0 Å². The summed E-state index contributed by atoms with van der Waals surface area (Å²) in [6, 6.07) is 16.5. The Morgan fingerprint density at radius 3 is 2.46 bits per heavy atom. The molecule has 0 bridgehead atoms. The monoisotopic (exact) mass is 383 g/mol. The smallest absolute Gasteiger partial charge is 0.485 e. The molecule has 1 unspecified atom stereocenters. The molecule has 2 heterocycles. The Kier molecular flexibility index (Phi) is 5.39. The molecule has 0 amide bonds. The lowest BCUT2D eigenvalue weighted by molar-refractivity contribution is 0.0130. The highest BCUT2D eigenvalue weighted by Crippen LogP contribution is 2.36. The highest BCUT2D eigenvalue weighted by molar-refractivity contribution is 5.57. The summed E-state index contributed by atoms with van der Waals surface area (Å²) >= 11 is 0. The quantitative estimate of drug-likeness (QED) is 0.789. The van der Waals surface area contributed by atoms with Crippen molar-refractivity contribution in [3.63, 3.8) is 0 Å². The van der Waals surface area contributed by atoms with Gasteiger partial charge >= 0.3 is 6.16 Å². The second-order valence-electron chi connectivity index (χ2n) is 7.33. The van der Waals surface area contributed by atoms with Crippen LogP contribution in [0.4, 0.5) is 4.79 Å². The predicted octanol–water partition coefficient (Wildman–Crippen LogP) is 4.42. The Labute approximate surface area is 164 Å². The number of nitrogens with zero attached hydrogens (tertiary/aromatic N) is 1. The van der Waals surface area contributed by atoms with Crippen molar-refractivity contribution in [3.05, 3.63) is 59.7 Å². The summed E-state index contributed by atoms with van der Waals surface area (Å²) in [6.45, 7) is 4.35. The number of rotatable bonds is 4. The van der Waals surface area contributed by atoms with Crippen LogP contribution in [0.2, 0.25) is 0 Å². The van der Waals surface area contributed by atoms with Crippen LogP contribution in [0, 0.1) is 0 Å². The fourth-order valence-corrected chi connectivity index (χ4v) is 3.91. The molecule has 0 spiro atoms. The molecule has 2 aromatic rings. The highest BCUT2D eigenvalue weighted by atomic mass is 16.7. The molecule has 0 saturated carbocycles. The van der Waals surface area contributed by atoms with E-state index < -0.39 is 6.16 Å². The van der Waals surface area contributed by atoms with Crippen LogP contribution in [-0.4, -0.2) is 42.0 Å². The van der Waals surface area contributed by atoms with Crippen LogP contribution in [-0.2, 0) is 4.74 Å². The van der Waals surface area contributed by atoms with Gasteiger partial charge in [0, 0.05) is 19.1 Å². The largest absolute Gasteiger partial charge is 0.506 e. The van der Waals surface area contributed by atoms with E-state index in [1.54, 1.807) is 0 Å². The third-order valence-corrected chi connectivity index (χ3v) is 5.59. The van der Waals surface area contributed by atoms with Crippen molar-refractivity contribution >= 4 is 6.16 Å². The minimum atomic E-state index is -1.18. The Balaban J connectivity index is 1.36. The standard InChI is InChI=1S/C22H25NO5/c1-15(23-12-10-18(11-13-23)27-22(24)25)16-6-8-17(9-7-16)21-14-26-19-4-2-3-5-20(19)28-21/h2-9,15,18,21H,10-14H2,1H3,(H,24,25)/t15?,21-/m1/s1. The lowest BCUT2D eigenvalue weighted by Crippen LogP contribution is -2.39. The number of benzene rings is 2. The Hall–Kier alpha value is -2.73. The number of piperidine rings is 1. The fourth-order valence-electron chi connectivity index (χ4n) is 3.91. The first-order chi connectivity index (χ1) is 13.6. The van der Waals surface area contributed by atoms with E-state index in [9.17, 15) is 4.79 Å². The number of carboxylic acid groups (broad SMARTS) is 1. The normalized spacial score (nSPS) is 21.1. The molecule has 2 aromatic carbocycles. The molecule has 1 fully saturated rings. The van der Waals surface area contributed by atoms with Gasteiger partial charge in [-0.15, -0.1) is 0 Å². The van der Waals surface area contributed by atoms with Crippen LogP contribution in [0.15, 0.2) is 48.5 Å². The first kappa shape index (κ1) is 18.6. The van der Waals surface area contributed by atoms with E-state index in [1.165, 1.54) is 5.56 Å². The first-order valence-electron chi connectivity index (χ1n) is 9.72. The summed E-state index contributed by atoms with van der Waals surface area (Å²) < 4.78 is 16.8. The van der Waals surface area contributed by atoms with Crippen LogP contribution in [0.3, 0.4) is 0 Å². The average Bonchev–Trinajstić information content (AvgIpc) is 2.73. The maximum absolute atomic E-state index is 10.7. The fraction of sp³-hybridized carbons (Fsp3) is 0.409. The minimum Gasteiger partial charge on any atom is -0.485 e. The SMILES string of the molecule is CC(c1ccc([C@H]2COc3ccccc3O2)cc1)N1CCC(OC(=O)O)CC1. The molecule has 2 atom stereocenters. The van der Waals surface area contributed by atoms with Gasteiger partial charge in [-0.1, -0.05) is 36.4 Å². The number of fused-ring (bicyclic) bond motifs is 1. The molecule has 0 aromatic heterocycles. The van der Waals surface area contributed by atoms with Gasteiger partial charge in [0.2, 0.25) is 0 Å². The molecule has 1 saturated heterocycles. The minimum absolute atomic E-state index is 0.108. The second-order valence-corrected chi connectivity index (χ2v) is 7.33. The molecular formula is C22H25NO5. The van der Waals surface area contributed by atoms with E-state index in [4.69, 9.17) is 19.3 Å². The second kappa shape index (κ2) is 8.10. The Morgan fingerprint density at radius 2 is 1.79 bits per heavy atom. The molecule has 4 rings (SSSR count). The Morgan fingerprint density at radius 1 is 1.11 bits per heavy atom. The third kappa shape index (κ3) is 4.07. The average molecular weight is 383 g/mol. The molecule has 0 aliphatic carbocycles. The van der Waals surface area contributed by atoms with Crippen molar-refractivity contribution in [2.24, 2.45) is 0 Å². The summed E-state index contributed by atoms with van der Waals surface area (Å²) in [5.74, 6) is 1.57. The number of ether oxygens (including phenoxy) is 3. The highest BCUT2D eigenvalue weighted by Gasteiger charge is 2.26. The van der Waals surface area contributed by atoms with Crippen molar-refractivity contribution in [2.75, 3.05) is 19.7 Å². The molecule has 6 nitrogen and oxygen atoms in total. The summed E-state index contributed by atoms with van der Waals surface area (Å²) in [6.07, 6.45) is -0.000543. The van der Waals surface area contributed by atoms with Gasteiger partial charge < -0.3 is 19.3 Å². The van der Waals surface area contributed by atoms with E-state index in [1.807, 2.05) is 24.3 Å². The van der Waals surface area contributed by atoms with Gasteiger partial charge in [0.1, 0.15) is 12.7 Å². The van der Waals surface area contributed by atoms with Crippen LogP contribution >= 0.6 is 0 Å². The number of carbonyl (C=O) groups is 1. The van der Waals surface area contributed by atoms with Crippen LogP contribution in [0.1, 0.15) is 43.0 Å². The summed E-state index contributed by atoms with van der Waals surface area (Å²) in [4.78, 5) is 13.0. The third-order valence-electron chi connectivity index (χ3n) is 5.59. The van der Waals surface area contributed by atoms with E-state index >= 15 is 0 Å². The van der Waals surface area contributed by atoms with Crippen LogP contribution in [0.5, 0.6) is 11.5 Å². The summed E-state index contributed by atoms with van der Waals surface area (Å²) in [5, 5.41) is 8.75. The van der Waals surface area contributed by atoms with Crippen molar-refractivity contribution in [1.29, 1.82) is 0 Å². The maximum atomic E-state index is 10.7. The zero-order chi connectivity index (χ0) is 19.5. The lowest BCUT2D eigenvalue weighted by Gasteiger charge is -2.35. The van der Waals surface area contributed by atoms with Gasteiger partial charge in [0.05, 0.1) is 0 Å². The first-order valence-corrected chi connectivity index (χ1v) is 9.72. The van der Waals surface area contributed by atoms with Crippen molar-refractivity contribution in [2.45, 2.75) is 38.0 Å². The number of hydrogen-bond acceptors (Lipinski definition) is 5. The van der Waals surface area contributed by atoms with E-state index in [-0.39, 0.29) is 18.2 Å². The predicted molar refractivity (Wildman–Crippen MR) is 104 cm³/mol. The Bertz CT molecular complexity index is 814. The van der Waals surface area contributed by atoms with Gasteiger partial charge in [0.15, 0.2) is 17.6 Å². The summed E-state index contributed by atoms with van der Waals surface area (Å²) in [7, 11) is 0. The number of hydrogen-bond donors (Lipinski definition) is 1. The molecule has 0 radical (unpaired) electrons. The van der Waals surface area contributed by atoms with E-state index in [0.29, 0.717) is 6.61 Å². The molecule has 28 heavy (non-hydrogen) atoms. The van der Waals surface area contributed by atoms with Crippen molar-refractivity contribution < 1.29 is 24.1 Å². The zero-order valence-corrected chi connectivity index (χ0v) is 15.9. The molecule has 6 heteroatoms. The topological polar surface area (TPSA) is 68.2 Å². The van der Waals surface area contributed by atoms with Crippen LogP contribution < -0.4 is 9.47 Å². The molecular weight excluding hydrogens is 358 g/mol. The van der Waals surface area contributed by atoms with E-state index in [2.05, 4.69) is 36.1 Å². The number of para-hydroxylation sites is 2. The lowest BCUT2D eigenvalue weighted by atomic mass is 9.99. The van der Waals surface area contributed by atoms with E-state index in [0.717, 1.165) is 43.0 Å². The van der Waals surface area contributed by atoms with Crippen molar-refractivity contribution in [1.82, 2.24) is 4.90 Å². The van der Waals surface area contributed by atoms with Crippen molar-refractivity contribution in [3.8, 4) is 11.5 Å².